The first-order valence-electron chi connectivity index (χ1n) is 13.5. The number of aryl methyl sites for hydroxylation is 1. The summed E-state index contributed by atoms with van der Waals surface area (Å²) >= 11 is 0. The highest BCUT2D eigenvalue weighted by Crippen LogP contribution is 2.37. The number of halogens is 2. The van der Waals surface area contributed by atoms with Crippen molar-refractivity contribution >= 4 is 23.0 Å². The van der Waals surface area contributed by atoms with Crippen molar-refractivity contribution in [2.45, 2.75) is 46.1 Å². The lowest BCUT2D eigenvalue weighted by molar-refractivity contribution is 0.00831. The maximum absolute atomic E-state index is 15.3. The van der Waals surface area contributed by atoms with E-state index >= 15 is 8.78 Å². The third kappa shape index (κ3) is 5.51. The number of anilines is 3. The van der Waals surface area contributed by atoms with Crippen LogP contribution in [0.25, 0.3) is 11.3 Å². The van der Waals surface area contributed by atoms with E-state index in [0.29, 0.717) is 36.9 Å². The normalized spacial score (nSPS) is 19.8. The minimum absolute atomic E-state index is 0.00636. The molecule has 4 heterocycles. The Bertz CT molecular complexity index is 1410. The minimum atomic E-state index is -0.812. The van der Waals surface area contributed by atoms with Gasteiger partial charge in [0.15, 0.2) is 11.5 Å². The zero-order chi connectivity index (χ0) is 28.8. The van der Waals surface area contributed by atoms with Crippen molar-refractivity contribution in [3.05, 3.63) is 65.1 Å². The molecule has 8 nitrogen and oxygen atoms in total. The fraction of sp³-hybridized carbons (Fsp3) is 0.433. The quantitative estimate of drug-likeness (QED) is 0.414. The lowest BCUT2D eigenvalue weighted by atomic mass is 9.75. The second kappa shape index (κ2) is 10.7. The highest BCUT2D eigenvalue weighted by molar-refractivity contribution is 6.08. The van der Waals surface area contributed by atoms with E-state index in [9.17, 15) is 4.79 Å². The van der Waals surface area contributed by atoms with Gasteiger partial charge in [0, 0.05) is 42.9 Å². The summed E-state index contributed by atoms with van der Waals surface area (Å²) in [5.41, 5.74) is 14.4. The van der Waals surface area contributed by atoms with Crippen molar-refractivity contribution in [2.75, 3.05) is 42.3 Å². The van der Waals surface area contributed by atoms with Gasteiger partial charge in [-0.25, -0.2) is 13.8 Å². The smallest absolute Gasteiger partial charge is 0.276 e. The number of nitrogens with two attached hydrogens (primary N) is 2. The number of amides is 1. The molecule has 0 saturated carbocycles. The van der Waals surface area contributed by atoms with Crippen molar-refractivity contribution in [2.24, 2.45) is 17.1 Å². The van der Waals surface area contributed by atoms with E-state index in [1.165, 1.54) is 6.07 Å². The van der Waals surface area contributed by atoms with Crippen LogP contribution in [0.5, 0.6) is 0 Å². The summed E-state index contributed by atoms with van der Waals surface area (Å²) in [4.78, 5) is 24.0. The zero-order valence-corrected chi connectivity index (χ0v) is 23.3. The molecule has 0 aliphatic carbocycles. The molecule has 1 amide bonds. The summed E-state index contributed by atoms with van der Waals surface area (Å²) in [5.74, 6) is -1.62. The number of carbonyl (C=O) groups excluding carboxylic acids is 1. The van der Waals surface area contributed by atoms with E-state index in [4.69, 9.17) is 16.2 Å². The minimum Gasteiger partial charge on any atom is -0.397 e. The van der Waals surface area contributed by atoms with Gasteiger partial charge in [-0.15, -0.1) is 0 Å². The van der Waals surface area contributed by atoms with Crippen LogP contribution in [-0.4, -0.2) is 48.2 Å². The van der Waals surface area contributed by atoms with Crippen LogP contribution in [0.1, 0.15) is 54.7 Å². The Morgan fingerprint density at radius 2 is 1.90 bits per heavy atom. The maximum atomic E-state index is 15.3. The van der Waals surface area contributed by atoms with Gasteiger partial charge in [0.1, 0.15) is 11.5 Å². The lowest BCUT2D eigenvalue weighted by Crippen LogP contribution is -2.50. The summed E-state index contributed by atoms with van der Waals surface area (Å²) in [5, 5.41) is 2.84. The molecular weight excluding hydrogens is 514 g/mol. The van der Waals surface area contributed by atoms with Gasteiger partial charge in [-0.2, -0.15) is 0 Å². The predicted molar refractivity (Wildman–Crippen MR) is 152 cm³/mol. The van der Waals surface area contributed by atoms with Crippen molar-refractivity contribution in [1.82, 2.24) is 9.97 Å². The Hall–Kier alpha value is -3.63. The molecule has 2 saturated heterocycles. The third-order valence-corrected chi connectivity index (χ3v) is 7.97. The topological polar surface area (TPSA) is 119 Å². The van der Waals surface area contributed by atoms with E-state index in [2.05, 4.69) is 41.0 Å². The third-order valence-electron chi connectivity index (χ3n) is 7.97. The average Bonchev–Trinajstić information content (AvgIpc) is 2.83. The number of hydrogen-bond donors (Lipinski definition) is 3. The lowest BCUT2D eigenvalue weighted by Gasteiger charge is -2.43. The number of piperidine rings is 1. The molecule has 3 aromatic rings. The number of pyridine rings is 2. The molecule has 5 N–H and O–H groups in total. The molecule has 0 radical (unpaired) electrons. The largest absolute Gasteiger partial charge is 0.397 e. The highest BCUT2D eigenvalue weighted by atomic mass is 19.1. The Kier molecular flexibility index (Phi) is 7.50. The van der Waals surface area contributed by atoms with Gasteiger partial charge in [0.05, 0.1) is 36.5 Å². The number of nitrogen functional groups attached to an aromatic ring is 1. The van der Waals surface area contributed by atoms with E-state index in [1.807, 2.05) is 6.07 Å². The van der Waals surface area contributed by atoms with E-state index in [-0.39, 0.29) is 40.0 Å². The van der Waals surface area contributed by atoms with Gasteiger partial charge in [-0.1, -0.05) is 26.8 Å². The van der Waals surface area contributed by atoms with Gasteiger partial charge in [-0.05, 0) is 47.9 Å². The second-order valence-electron chi connectivity index (χ2n) is 12.0. The van der Waals surface area contributed by atoms with Gasteiger partial charge < -0.3 is 26.4 Å². The molecule has 2 aromatic heterocycles. The molecule has 2 atom stereocenters. The first-order valence-corrected chi connectivity index (χ1v) is 13.5. The standard InChI is InChI=1S/C30H36F2N6O2/c1-16-7-17(18-14-40-15-18)8-21(31)26(16)27-22(32)10-23(34)28(37-27)29(39)36-24-11-35-6-5-25(24)38-12-19(30(2,3)4)9-20(33)13-38/h5-8,10-11,18-20H,9,12-15,33-34H2,1-4H3,(H,36,39). The summed E-state index contributed by atoms with van der Waals surface area (Å²) < 4.78 is 35.6. The van der Waals surface area contributed by atoms with Gasteiger partial charge in [-0.3, -0.25) is 9.78 Å². The Morgan fingerprint density at radius 3 is 2.55 bits per heavy atom. The second-order valence-corrected chi connectivity index (χ2v) is 12.0. The molecule has 2 fully saturated rings. The highest BCUT2D eigenvalue weighted by Gasteiger charge is 2.34. The van der Waals surface area contributed by atoms with Crippen molar-refractivity contribution in [3.63, 3.8) is 0 Å². The fourth-order valence-electron chi connectivity index (χ4n) is 5.50. The van der Waals surface area contributed by atoms with E-state index < -0.39 is 17.5 Å². The number of aromatic nitrogens is 2. The summed E-state index contributed by atoms with van der Waals surface area (Å²) in [7, 11) is 0. The Morgan fingerprint density at radius 1 is 1.15 bits per heavy atom. The number of rotatable bonds is 5. The molecular formula is C30H36F2N6O2. The molecule has 5 rings (SSSR count). The predicted octanol–water partition coefficient (Wildman–Crippen LogP) is 4.88. The molecule has 2 aliphatic heterocycles. The number of carbonyl (C=O) groups is 1. The Labute approximate surface area is 233 Å². The van der Waals surface area contributed by atoms with Gasteiger partial charge >= 0.3 is 0 Å². The number of nitrogens with zero attached hydrogens (tertiary/aromatic N) is 3. The van der Waals surface area contributed by atoms with Crippen LogP contribution in [0.15, 0.2) is 36.7 Å². The first-order chi connectivity index (χ1) is 18.9. The first kappa shape index (κ1) is 27.9. The Balaban J connectivity index is 1.45. The fourth-order valence-corrected chi connectivity index (χ4v) is 5.50. The van der Waals surface area contributed by atoms with Crippen molar-refractivity contribution in [1.29, 1.82) is 0 Å². The van der Waals surface area contributed by atoms with Crippen LogP contribution < -0.4 is 21.7 Å². The monoisotopic (exact) mass is 550 g/mol. The maximum Gasteiger partial charge on any atom is 0.276 e. The van der Waals surface area contributed by atoms with E-state index in [1.54, 1.807) is 25.4 Å². The summed E-state index contributed by atoms with van der Waals surface area (Å²) in [6.07, 6.45) is 4.12. The SMILES string of the molecule is Cc1cc(C2COC2)cc(F)c1-c1nc(C(=O)Nc2cnccc2N2CC(N)CC(C(C)(C)C)C2)c(N)cc1F. The molecule has 212 valence electrons. The molecule has 2 aliphatic rings. The van der Waals surface area contributed by atoms with Crippen LogP contribution in [0.2, 0.25) is 0 Å². The van der Waals surface area contributed by atoms with Crippen molar-refractivity contribution < 1.29 is 18.3 Å². The van der Waals surface area contributed by atoms with Crippen molar-refractivity contribution in [3.8, 4) is 11.3 Å². The number of ether oxygens (including phenoxy) is 1. The van der Waals surface area contributed by atoms with E-state index in [0.717, 1.165) is 30.3 Å². The molecule has 2 unspecified atom stereocenters. The van der Waals surface area contributed by atoms with Crippen LogP contribution in [0.3, 0.4) is 0 Å². The molecule has 40 heavy (non-hydrogen) atoms. The van der Waals surface area contributed by atoms with Gasteiger partial charge in [0.2, 0.25) is 0 Å². The van der Waals surface area contributed by atoms with Crippen LogP contribution >= 0.6 is 0 Å². The molecule has 1 aromatic carbocycles. The van der Waals surface area contributed by atoms with Gasteiger partial charge in [0.25, 0.3) is 5.91 Å². The average molecular weight is 551 g/mol. The van der Waals surface area contributed by atoms with Crippen LogP contribution in [-0.2, 0) is 4.74 Å². The molecule has 10 heteroatoms. The van der Waals surface area contributed by atoms with Crippen LogP contribution in [0.4, 0.5) is 25.8 Å². The van der Waals surface area contributed by atoms with Crippen LogP contribution in [0, 0.1) is 29.9 Å². The molecule has 0 bridgehead atoms. The number of benzene rings is 1. The summed E-state index contributed by atoms with van der Waals surface area (Å²) in [6, 6.07) is 5.99. The number of hydrogen-bond acceptors (Lipinski definition) is 7. The number of nitrogens with one attached hydrogen (secondary N) is 1. The summed E-state index contributed by atoms with van der Waals surface area (Å²) in [6.45, 7) is 10.7. The zero-order valence-electron chi connectivity index (χ0n) is 23.3. The molecule has 0 spiro atoms.